The predicted octanol–water partition coefficient (Wildman–Crippen LogP) is 2.57. The minimum absolute atomic E-state index is 0.0805. The highest BCUT2D eigenvalue weighted by atomic mass is 32.1. The lowest BCUT2D eigenvalue weighted by Gasteiger charge is -2.36. The molecule has 1 spiro atoms. The SMILES string of the molecule is N#CC1=C(S)[NH+]=C(N)[C@H](c2nc(-c3ccccc3)cs2)C12CCCC2. The van der Waals surface area contributed by atoms with Crippen molar-refractivity contribution in [1.82, 2.24) is 4.98 Å². The molecule has 0 radical (unpaired) electrons. The Morgan fingerprint density at radius 3 is 2.68 bits per heavy atom. The summed E-state index contributed by atoms with van der Waals surface area (Å²) in [6.07, 6.45) is 4.11. The molecule has 1 aliphatic heterocycles. The molecule has 1 atom stereocenters. The normalized spacial score (nSPS) is 22.1. The molecule has 2 heterocycles. The Bertz CT molecular complexity index is 899. The third kappa shape index (κ3) is 2.59. The van der Waals surface area contributed by atoms with E-state index in [0.29, 0.717) is 10.9 Å². The number of amidine groups is 1. The monoisotopic (exact) mass is 367 g/mol. The molecule has 1 fully saturated rings. The van der Waals surface area contributed by atoms with Gasteiger partial charge < -0.3 is 0 Å². The average molecular weight is 368 g/mol. The zero-order chi connectivity index (χ0) is 17.4. The minimum atomic E-state index is -0.271. The van der Waals surface area contributed by atoms with Crippen LogP contribution >= 0.6 is 24.0 Å². The molecular weight excluding hydrogens is 348 g/mol. The van der Waals surface area contributed by atoms with Crippen molar-refractivity contribution in [1.29, 1.82) is 5.26 Å². The highest BCUT2D eigenvalue weighted by molar-refractivity contribution is 7.84. The molecule has 126 valence electrons. The molecule has 0 amide bonds. The Kier molecular flexibility index (Phi) is 4.14. The number of aromatic nitrogens is 1. The van der Waals surface area contributed by atoms with Gasteiger partial charge in [0.2, 0.25) is 0 Å². The van der Waals surface area contributed by atoms with Gasteiger partial charge in [0, 0.05) is 16.4 Å². The van der Waals surface area contributed by atoms with Crippen molar-refractivity contribution < 1.29 is 4.99 Å². The Morgan fingerprint density at radius 1 is 1.28 bits per heavy atom. The fraction of sp³-hybridized carbons (Fsp3) is 0.316. The van der Waals surface area contributed by atoms with Gasteiger partial charge in [-0.3, -0.25) is 5.73 Å². The largest absolute Gasteiger partial charge is 0.290 e. The molecule has 0 saturated heterocycles. The first-order valence-electron chi connectivity index (χ1n) is 8.40. The van der Waals surface area contributed by atoms with Crippen LogP contribution in [0.3, 0.4) is 0 Å². The van der Waals surface area contributed by atoms with Crippen molar-refractivity contribution in [3.63, 3.8) is 0 Å². The molecule has 3 N–H and O–H groups in total. The molecule has 6 heteroatoms. The van der Waals surface area contributed by atoms with E-state index >= 15 is 0 Å². The molecule has 0 bridgehead atoms. The maximum absolute atomic E-state index is 9.76. The van der Waals surface area contributed by atoms with E-state index in [1.165, 1.54) is 0 Å². The Balaban J connectivity index is 1.81. The van der Waals surface area contributed by atoms with Crippen LogP contribution in [0.5, 0.6) is 0 Å². The number of thiol groups is 1. The van der Waals surface area contributed by atoms with Crippen LogP contribution < -0.4 is 10.7 Å². The Labute approximate surface area is 156 Å². The molecule has 25 heavy (non-hydrogen) atoms. The zero-order valence-electron chi connectivity index (χ0n) is 13.7. The number of thiazole rings is 1. The number of nitriles is 1. The first kappa shape index (κ1) is 16.4. The van der Waals surface area contributed by atoms with Gasteiger partial charge in [-0.25, -0.2) is 9.98 Å². The standard InChI is InChI=1S/C19H18N4S2/c20-10-13-17(24)23-16(21)15(19(13)8-4-5-9-19)18-22-14(11-25-18)12-6-2-1-3-7-12/h1-3,6-7,11,15,24H,4-5,8-9H2,(H2,21,23)/p+1/t15-/m1/s1. The van der Waals surface area contributed by atoms with Crippen molar-refractivity contribution >= 4 is 29.8 Å². The third-order valence-electron chi connectivity index (χ3n) is 5.31. The molecule has 1 saturated carbocycles. The molecular formula is C19H19N4S2+. The van der Waals surface area contributed by atoms with E-state index in [2.05, 4.69) is 41.2 Å². The van der Waals surface area contributed by atoms with E-state index < -0.39 is 0 Å². The Hall–Kier alpha value is -2.10. The van der Waals surface area contributed by atoms with E-state index in [1.807, 2.05) is 18.2 Å². The summed E-state index contributed by atoms with van der Waals surface area (Å²) in [5.41, 5.74) is 8.91. The number of nitrogens with two attached hydrogens (primary N) is 1. The first-order chi connectivity index (χ1) is 12.2. The summed E-state index contributed by atoms with van der Waals surface area (Å²) in [7, 11) is 0. The van der Waals surface area contributed by atoms with Crippen LogP contribution in [-0.4, -0.2) is 10.8 Å². The van der Waals surface area contributed by atoms with Crippen LogP contribution in [0, 0.1) is 16.7 Å². The fourth-order valence-corrected chi connectivity index (χ4v) is 5.65. The predicted molar refractivity (Wildman–Crippen MR) is 103 cm³/mol. The van der Waals surface area contributed by atoms with Crippen LogP contribution in [0.4, 0.5) is 0 Å². The van der Waals surface area contributed by atoms with Crippen LogP contribution in [-0.2, 0) is 0 Å². The molecule has 2 aromatic rings. The lowest BCUT2D eigenvalue weighted by molar-refractivity contribution is -0.390. The summed E-state index contributed by atoms with van der Waals surface area (Å²) in [4.78, 5) is 8.00. The lowest BCUT2D eigenvalue weighted by Crippen LogP contribution is -2.77. The second-order valence-electron chi connectivity index (χ2n) is 6.65. The van der Waals surface area contributed by atoms with Gasteiger partial charge in [-0.05, 0) is 12.8 Å². The van der Waals surface area contributed by atoms with E-state index in [4.69, 9.17) is 10.7 Å². The van der Waals surface area contributed by atoms with Crippen LogP contribution in [0.25, 0.3) is 11.3 Å². The number of nitrogens with zero attached hydrogens (tertiary/aromatic N) is 2. The van der Waals surface area contributed by atoms with E-state index in [1.54, 1.807) is 11.3 Å². The van der Waals surface area contributed by atoms with Gasteiger partial charge in [0.1, 0.15) is 17.0 Å². The van der Waals surface area contributed by atoms with E-state index in [9.17, 15) is 5.26 Å². The van der Waals surface area contributed by atoms with Crippen molar-refractivity contribution in [3.8, 4) is 17.3 Å². The topological polar surface area (TPSA) is 76.7 Å². The van der Waals surface area contributed by atoms with Crippen molar-refractivity contribution in [2.45, 2.75) is 31.6 Å². The maximum atomic E-state index is 9.76. The van der Waals surface area contributed by atoms with Gasteiger partial charge >= 0.3 is 0 Å². The van der Waals surface area contributed by atoms with E-state index in [0.717, 1.165) is 47.5 Å². The third-order valence-corrected chi connectivity index (χ3v) is 6.55. The summed E-state index contributed by atoms with van der Waals surface area (Å²) >= 11 is 6.11. The summed E-state index contributed by atoms with van der Waals surface area (Å²) in [5, 5.41) is 13.4. The number of allylic oxidation sites excluding steroid dienone is 1. The summed E-state index contributed by atoms with van der Waals surface area (Å²) in [6, 6.07) is 12.5. The summed E-state index contributed by atoms with van der Waals surface area (Å²) < 4.78 is 0. The summed E-state index contributed by atoms with van der Waals surface area (Å²) in [5.74, 6) is 0.572. The minimum Gasteiger partial charge on any atom is -0.290 e. The highest BCUT2D eigenvalue weighted by Gasteiger charge is 2.53. The molecule has 0 unspecified atom stereocenters. The molecule has 4 nitrogen and oxygen atoms in total. The van der Waals surface area contributed by atoms with Gasteiger partial charge in [-0.1, -0.05) is 43.2 Å². The highest BCUT2D eigenvalue weighted by Crippen LogP contribution is 2.55. The molecule has 2 aliphatic rings. The number of hydrogen-bond acceptors (Lipinski definition) is 5. The fourth-order valence-electron chi connectivity index (χ4n) is 4.19. The van der Waals surface area contributed by atoms with Gasteiger partial charge in [-0.15, -0.1) is 24.0 Å². The molecule has 1 aromatic carbocycles. The second-order valence-corrected chi connectivity index (χ2v) is 7.99. The van der Waals surface area contributed by atoms with Gasteiger partial charge in [0.05, 0.1) is 11.3 Å². The average Bonchev–Trinajstić information content (AvgIpc) is 3.27. The molecule has 1 aliphatic carbocycles. The quantitative estimate of drug-likeness (QED) is 0.714. The zero-order valence-corrected chi connectivity index (χ0v) is 15.4. The number of hydrogen-bond donors (Lipinski definition) is 3. The van der Waals surface area contributed by atoms with Crippen LogP contribution in [0.15, 0.2) is 46.3 Å². The van der Waals surface area contributed by atoms with Crippen molar-refractivity contribution in [3.05, 3.63) is 51.3 Å². The van der Waals surface area contributed by atoms with Crippen molar-refractivity contribution in [2.24, 2.45) is 11.1 Å². The van der Waals surface area contributed by atoms with E-state index in [-0.39, 0.29) is 11.3 Å². The second kappa shape index (κ2) is 6.32. The van der Waals surface area contributed by atoms with Gasteiger partial charge in [0.25, 0.3) is 5.84 Å². The number of benzene rings is 1. The smallest absolute Gasteiger partial charge is 0.257 e. The lowest BCUT2D eigenvalue weighted by atomic mass is 9.67. The van der Waals surface area contributed by atoms with Crippen LogP contribution in [0.1, 0.15) is 36.6 Å². The molecule has 1 aromatic heterocycles. The van der Waals surface area contributed by atoms with Crippen LogP contribution in [0.2, 0.25) is 0 Å². The first-order valence-corrected chi connectivity index (χ1v) is 9.72. The maximum Gasteiger partial charge on any atom is 0.257 e. The Morgan fingerprint density at radius 2 is 2.00 bits per heavy atom. The van der Waals surface area contributed by atoms with Gasteiger partial charge in [0.15, 0.2) is 5.03 Å². The summed E-state index contributed by atoms with van der Waals surface area (Å²) in [6.45, 7) is 0. The van der Waals surface area contributed by atoms with Gasteiger partial charge in [-0.2, -0.15) is 5.26 Å². The number of rotatable bonds is 2. The number of nitrogens with one attached hydrogen (secondary N) is 1. The van der Waals surface area contributed by atoms with Crippen molar-refractivity contribution in [2.75, 3.05) is 0 Å². The molecule has 4 rings (SSSR count).